The van der Waals surface area contributed by atoms with Crippen LogP contribution in [-0.4, -0.2) is 71.3 Å². The summed E-state index contributed by atoms with van der Waals surface area (Å²) in [6, 6.07) is 17.1. The van der Waals surface area contributed by atoms with Crippen molar-refractivity contribution in [2.24, 2.45) is 0 Å². The first-order valence-corrected chi connectivity index (χ1v) is 12.4. The lowest BCUT2D eigenvalue weighted by Gasteiger charge is -2.26. The number of ether oxygens (including phenoxy) is 1. The third kappa shape index (κ3) is 6.93. The first kappa shape index (κ1) is 24.0. The van der Waals surface area contributed by atoms with Crippen LogP contribution in [0.1, 0.15) is 11.1 Å². The van der Waals surface area contributed by atoms with Crippen LogP contribution in [0.2, 0.25) is 0 Å². The van der Waals surface area contributed by atoms with E-state index in [2.05, 4.69) is 27.7 Å². The van der Waals surface area contributed by atoms with E-state index < -0.39 is 0 Å². The van der Waals surface area contributed by atoms with Gasteiger partial charge in [-0.1, -0.05) is 48.2 Å². The average Bonchev–Trinajstić information content (AvgIpc) is 2.85. The summed E-state index contributed by atoms with van der Waals surface area (Å²) in [5.41, 5.74) is 2.51. The van der Waals surface area contributed by atoms with Gasteiger partial charge in [0.25, 0.3) is 0 Å². The molecule has 0 saturated carbocycles. The normalized spacial score (nSPS) is 14.0. The average molecular weight is 479 g/mol. The van der Waals surface area contributed by atoms with Gasteiger partial charge in [0.2, 0.25) is 0 Å². The van der Waals surface area contributed by atoms with Gasteiger partial charge in [-0.05, 0) is 24.1 Å². The zero-order chi connectivity index (χ0) is 23.6. The molecule has 178 valence electrons. The number of thioether (sulfide) groups is 1. The fourth-order valence-electron chi connectivity index (χ4n) is 3.66. The number of benzene rings is 2. The Morgan fingerprint density at radius 2 is 1.85 bits per heavy atom. The Kier molecular flexibility index (Phi) is 8.72. The second kappa shape index (κ2) is 12.4. The highest BCUT2D eigenvalue weighted by molar-refractivity contribution is 7.99. The summed E-state index contributed by atoms with van der Waals surface area (Å²) in [6.07, 6.45) is 2.11. The molecule has 3 aromatic rings. The number of aromatic nitrogens is 2. The van der Waals surface area contributed by atoms with Crippen molar-refractivity contribution < 1.29 is 9.84 Å². The predicted octanol–water partition coefficient (Wildman–Crippen LogP) is 4.00. The van der Waals surface area contributed by atoms with Gasteiger partial charge in [-0.2, -0.15) is 0 Å². The summed E-state index contributed by atoms with van der Waals surface area (Å²) in [7, 11) is 0. The fourth-order valence-corrected chi connectivity index (χ4v) is 4.51. The van der Waals surface area contributed by atoms with Crippen LogP contribution >= 0.6 is 11.8 Å². The highest BCUT2D eigenvalue weighted by atomic mass is 32.2. The smallest absolute Gasteiger partial charge is 0.191 e. The molecule has 0 amide bonds. The summed E-state index contributed by atoms with van der Waals surface area (Å²) < 4.78 is 5.43. The molecule has 0 atom stereocenters. The van der Waals surface area contributed by atoms with E-state index in [1.807, 2.05) is 24.3 Å². The van der Waals surface area contributed by atoms with Crippen molar-refractivity contribution in [1.29, 1.82) is 5.41 Å². The van der Waals surface area contributed by atoms with E-state index in [1.54, 1.807) is 30.0 Å². The van der Waals surface area contributed by atoms with Gasteiger partial charge < -0.3 is 25.9 Å². The van der Waals surface area contributed by atoms with Gasteiger partial charge in [0.1, 0.15) is 17.4 Å². The molecule has 1 saturated heterocycles. The molecule has 34 heavy (non-hydrogen) atoms. The summed E-state index contributed by atoms with van der Waals surface area (Å²) in [5, 5.41) is 25.2. The second-order valence-electron chi connectivity index (χ2n) is 7.90. The number of aromatic hydroxyl groups is 1. The summed E-state index contributed by atoms with van der Waals surface area (Å²) >= 11 is 1.60. The van der Waals surface area contributed by atoms with Crippen LogP contribution in [0.15, 0.2) is 59.8 Å². The number of anilines is 3. The number of hydrogen-bond acceptors (Lipinski definition) is 9. The largest absolute Gasteiger partial charge is 0.508 e. The van der Waals surface area contributed by atoms with Crippen molar-refractivity contribution in [3.8, 4) is 5.75 Å². The van der Waals surface area contributed by atoms with Crippen molar-refractivity contribution in [2.45, 2.75) is 11.6 Å². The van der Waals surface area contributed by atoms with Crippen LogP contribution < -0.4 is 10.6 Å². The molecular formula is C25H30N6O2S. The number of phenolic OH excluding ortho intramolecular Hbond substituents is 1. The third-order valence-electron chi connectivity index (χ3n) is 5.47. The van der Waals surface area contributed by atoms with E-state index >= 15 is 0 Å². The maximum Gasteiger partial charge on any atom is 0.191 e. The Labute approximate surface area is 204 Å². The lowest BCUT2D eigenvalue weighted by Crippen LogP contribution is -2.37. The highest BCUT2D eigenvalue weighted by Gasteiger charge is 2.15. The van der Waals surface area contributed by atoms with Gasteiger partial charge in [-0.25, -0.2) is 9.97 Å². The number of hydrogen-bond donors (Lipinski definition) is 4. The lowest BCUT2D eigenvalue weighted by atomic mass is 10.1. The van der Waals surface area contributed by atoms with E-state index in [1.165, 1.54) is 11.8 Å². The minimum atomic E-state index is 0.164. The van der Waals surface area contributed by atoms with Crippen LogP contribution in [0.25, 0.3) is 0 Å². The second-order valence-corrected chi connectivity index (χ2v) is 8.96. The molecular weight excluding hydrogens is 448 g/mol. The standard InChI is InChI=1S/C25H30N6O2S/c26-18-22-23(27-10-9-19-5-2-1-3-6-19)29-25(34-16-13-31-11-14-33-15-12-31)30-24(22)28-20-7-4-8-21(32)17-20/h1-8,17-18,26,32H,9-16H2,(H2,27,28,29,30). The molecule has 1 fully saturated rings. The SMILES string of the molecule is N=Cc1c(NCCc2ccccc2)nc(SCCN2CCOCC2)nc1Nc1cccc(O)c1. The molecule has 8 nitrogen and oxygen atoms in total. The first-order chi connectivity index (χ1) is 16.7. The monoisotopic (exact) mass is 478 g/mol. The van der Waals surface area contributed by atoms with Crippen molar-refractivity contribution in [2.75, 3.05) is 55.8 Å². The van der Waals surface area contributed by atoms with Crippen LogP contribution in [-0.2, 0) is 11.2 Å². The number of rotatable bonds is 11. The van der Waals surface area contributed by atoms with E-state index in [0.29, 0.717) is 34.6 Å². The van der Waals surface area contributed by atoms with Gasteiger partial charge in [-0.3, -0.25) is 4.90 Å². The van der Waals surface area contributed by atoms with Crippen molar-refractivity contribution in [1.82, 2.24) is 14.9 Å². The van der Waals surface area contributed by atoms with Crippen molar-refractivity contribution in [3.05, 3.63) is 65.7 Å². The van der Waals surface area contributed by atoms with Gasteiger partial charge in [0.15, 0.2) is 5.16 Å². The number of nitrogens with one attached hydrogen (secondary N) is 3. The zero-order valence-corrected chi connectivity index (χ0v) is 19.9. The summed E-state index contributed by atoms with van der Waals surface area (Å²) in [5.74, 6) is 2.18. The maximum atomic E-state index is 9.84. The van der Waals surface area contributed by atoms with Crippen LogP contribution in [0.5, 0.6) is 5.75 Å². The Hall–Kier alpha value is -3.14. The third-order valence-corrected chi connectivity index (χ3v) is 6.30. The van der Waals surface area contributed by atoms with Gasteiger partial charge in [0.05, 0.1) is 18.8 Å². The van der Waals surface area contributed by atoms with E-state index in [-0.39, 0.29) is 5.75 Å². The van der Waals surface area contributed by atoms with Gasteiger partial charge in [0, 0.05) is 49.9 Å². The molecule has 0 radical (unpaired) electrons. The molecule has 0 unspecified atom stereocenters. The Morgan fingerprint density at radius 3 is 2.62 bits per heavy atom. The molecule has 0 bridgehead atoms. The fraction of sp³-hybridized carbons (Fsp3) is 0.320. The number of phenols is 1. The molecule has 4 N–H and O–H groups in total. The zero-order valence-electron chi connectivity index (χ0n) is 19.0. The molecule has 4 rings (SSSR count). The first-order valence-electron chi connectivity index (χ1n) is 11.4. The van der Waals surface area contributed by atoms with Gasteiger partial charge in [-0.15, -0.1) is 0 Å². The quantitative estimate of drug-likeness (QED) is 0.186. The van der Waals surface area contributed by atoms with Crippen LogP contribution in [0, 0.1) is 5.41 Å². The maximum absolute atomic E-state index is 9.84. The molecule has 2 aromatic carbocycles. The minimum Gasteiger partial charge on any atom is -0.508 e. The number of nitrogens with zero attached hydrogens (tertiary/aromatic N) is 3. The van der Waals surface area contributed by atoms with Crippen molar-refractivity contribution in [3.63, 3.8) is 0 Å². The lowest BCUT2D eigenvalue weighted by molar-refractivity contribution is 0.0410. The summed E-state index contributed by atoms with van der Waals surface area (Å²) in [4.78, 5) is 11.8. The molecule has 1 aliphatic heterocycles. The highest BCUT2D eigenvalue weighted by Crippen LogP contribution is 2.28. The van der Waals surface area contributed by atoms with Crippen LogP contribution in [0.3, 0.4) is 0 Å². The Morgan fingerprint density at radius 1 is 1.06 bits per heavy atom. The van der Waals surface area contributed by atoms with E-state index in [4.69, 9.17) is 20.1 Å². The van der Waals surface area contributed by atoms with Crippen LogP contribution in [0.4, 0.5) is 17.3 Å². The molecule has 2 heterocycles. The summed E-state index contributed by atoms with van der Waals surface area (Å²) in [6.45, 7) is 5.09. The topological polar surface area (TPSA) is 106 Å². The Bertz CT molecular complexity index is 1080. The Balaban J connectivity index is 1.51. The van der Waals surface area contributed by atoms with Gasteiger partial charge >= 0.3 is 0 Å². The molecule has 1 aromatic heterocycles. The van der Waals surface area contributed by atoms with E-state index in [0.717, 1.165) is 45.0 Å². The molecule has 9 heteroatoms. The van der Waals surface area contributed by atoms with E-state index in [9.17, 15) is 5.11 Å². The molecule has 0 aliphatic carbocycles. The predicted molar refractivity (Wildman–Crippen MR) is 138 cm³/mol. The minimum absolute atomic E-state index is 0.164. The van der Waals surface area contributed by atoms with Crippen molar-refractivity contribution >= 4 is 35.3 Å². The number of morpholine rings is 1. The molecule has 0 spiro atoms. The molecule has 1 aliphatic rings.